The van der Waals surface area contributed by atoms with Crippen LogP contribution in [0.15, 0.2) is 24.4 Å². The Hall–Kier alpha value is -2.70. The number of amides is 1. The van der Waals surface area contributed by atoms with Gasteiger partial charge in [-0.3, -0.25) is 4.79 Å². The molecule has 7 heteroatoms. The van der Waals surface area contributed by atoms with Crippen LogP contribution in [0, 0.1) is 13.8 Å². The average Bonchev–Trinajstić information content (AvgIpc) is 2.98. The maximum atomic E-state index is 12.5. The summed E-state index contributed by atoms with van der Waals surface area (Å²) >= 11 is 0. The van der Waals surface area contributed by atoms with E-state index < -0.39 is 5.97 Å². The third-order valence-corrected chi connectivity index (χ3v) is 5.02. The quantitative estimate of drug-likeness (QED) is 0.774. The lowest BCUT2D eigenvalue weighted by Gasteiger charge is -2.38. The molecule has 0 N–H and O–H groups in total. The van der Waals surface area contributed by atoms with Gasteiger partial charge in [-0.05, 0) is 65.2 Å². The zero-order chi connectivity index (χ0) is 19.6. The molecular weight excluding hydrogens is 344 g/mol. The highest BCUT2D eigenvalue weighted by Crippen LogP contribution is 2.22. The smallest absolute Gasteiger partial charge is 0.340 e. The van der Waals surface area contributed by atoms with Crippen LogP contribution in [0.4, 0.5) is 0 Å². The van der Waals surface area contributed by atoms with Gasteiger partial charge in [0.25, 0.3) is 5.91 Å². The molecule has 0 saturated carbocycles. The molecule has 1 aliphatic heterocycles. The summed E-state index contributed by atoms with van der Waals surface area (Å²) in [6, 6.07) is 5.67. The molecule has 2 aromatic rings. The maximum Gasteiger partial charge on any atom is 0.340 e. The molecule has 3 rings (SSSR count). The number of hydrogen-bond acceptors (Lipinski definition) is 5. The van der Waals surface area contributed by atoms with E-state index in [-0.39, 0.29) is 24.6 Å². The average molecular weight is 370 g/mol. The molecule has 1 aliphatic rings. The Bertz CT molecular complexity index is 818. The highest BCUT2D eigenvalue weighted by atomic mass is 16.5. The largest absolute Gasteiger partial charge is 0.452 e. The van der Waals surface area contributed by atoms with Crippen LogP contribution in [0.25, 0.3) is 5.82 Å². The number of hydrogen-bond donors (Lipinski definition) is 0. The Morgan fingerprint density at radius 2 is 1.89 bits per heavy atom. The molecule has 2 atom stereocenters. The van der Waals surface area contributed by atoms with Crippen LogP contribution in [-0.2, 0) is 9.53 Å². The summed E-state index contributed by atoms with van der Waals surface area (Å²) < 4.78 is 6.94. The van der Waals surface area contributed by atoms with E-state index in [0.29, 0.717) is 11.4 Å². The topological polar surface area (TPSA) is 77.3 Å². The Labute approximate surface area is 159 Å². The van der Waals surface area contributed by atoms with Crippen LogP contribution < -0.4 is 0 Å². The summed E-state index contributed by atoms with van der Waals surface area (Å²) in [6.45, 7) is 7.69. The van der Waals surface area contributed by atoms with Gasteiger partial charge < -0.3 is 9.64 Å². The van der Waals surface area contributed by atoms with Crippen molar-refractivity contribution in [3.63, 3.8) is 0 Å². The number of carbonyl (C=O) groups excluding carboxylic acids is 2. The van der Waals surface area contributed by atoms with E-state index in [1.165, 1.54) is 6.20 Å². The first kappa shape index (κ1) is 19.1. The summed E-state index contributed by atoms with van der Waals surface area (Å²) in [5.74, 6) is -0.0625. The van der Waals surface area contributed by atoms with Crippen LogP contribution in [0.2, 0.25) is 0 Å². The van der Waals surface area contributed by atoms with Gasteiger partial charge in [0.15, 0.2) is 12.4 Å². The van der Waals surface area contributed by atoms with E-state index >= 15 is 0 Å². The van der Waals surface area contributed by atoms with Crippen molar-refractivity contribution in [2.24, 2.45) is 0 Å². The first-order valence-electron chi connectivity index (χ1n) is 9.35. The van der Waals surface area contributed by atoms with E-state index in [9.17, 15) is 9.59 Å². The van der Waals surface area contributed by atoms with Crippen molar-refractivity contribution in [3.8, 4) is 5.82 Å². The summed E-state index contributed by atoms with van der Waals surface area (Å²) in [5.41, 5.74) is 2.18. The lowest BCUT2D eigenvalue weighted by atomic mass is 9.97. The van der Waals surface area contributed by atoms with Crippen molar-refractivity contribution in [1.82, 2.24) is 19.7 Å². The molecule has 7 nitrogen and oxygen atoms in total. The number of aromatic nitrogens is 3. The molecule has 0 bridgehead atoms. The molecule has 3 heterocycles. The van der Waals surface area contributed by atoms with Crippen LogP contribution in [0.1, 0.15) is 54.9 Å². The van der Waals surface area contributed by atoms with Gasteiger partial charge in [-0.2, -0.15) is 5.10 Å². The Kier molecular flexibility index (Phi) is 5.58. The zero-order valence-corrected chi connectivity index (χ0v) is 16.3. The van der Waals surface area contributed by atoms with Crippen LogP contribution >= 0.6 is 0 Å². The number of likely N-dealkylation sites (tertiary alicyclic amines) is 1. The minimum absolute atomic E-state index is 0.143. The monoisotopic (exact) mass is 370 g/mol. The highest BCUT2D eigenvalue weighted by molar-refractivity contribution is 5.91. The Balaban J connectivity index is 1.61. The SMILES string of the molecule is Cc1cc(C)n(-c2ccc(C(=O)OCC(=O)N3C(C)CCCC3C)cn2)n1. The third kappa shape index (κ3) is 4.18. The van der Waals surface area contributed by atoms with Gasteiger partial charge in [0, 0.05) is 24.0 Å². The molecule has 0 radical (unpaired) electrons. The summed E-state index contributed by atoms with van der Waals surface area (Å²) in [5, 5.41) is 4.37. The van der Waals surface area contributed by atoms with E-state index in [0.717, 1.165) is 30.7 Å². The second kappa shape index (κ2) is 7.90. The van der Waals surface area contributed by atoms with E-state index in [1.807, 2.05) is 38.7 Å². The molecule has 144 valence electrons. The molecule has 1 amide bonds. The molecule has 2 aromatic heterocycles. The minimum atomic E-state index is -0.548. The van der Waals surface area contributed by atoms with Crippen LogP contribution in [-0.4, -0.2) is 50.2 Å². The minimum Gasteiger partial charge on any atom is -0.452 e. The van der Waals surface area contributed by atoms with Crippen molar-refractivity contribution < 1.29 is 14.3 Å². The first-order chi connectivity index (χ1) is 12.9. The highest BCUT2D eigenvalue weighted by Gasteiger charge is 2.29. The van der Waals surface area contributed by atoms with Gasteiger partial charge in [-0.1, -0.05) is 0 Å². The number of carbonyl (C=O) groups is 2. The van der Waals surface area contributed by atoms with Crippen LogP contribution in [0.5, 0.6) is 0 Å². The van der Waals surface area contributed by atoms with Gasteiger partial charge in [-0.15, -0.1) is 0 Å². The third-order valence-electron chi connectivity index (χ3n) is 5.02. The number of aryl methyl sites for hydroxylation is 2. The Morgan fingerprint density at radius 3 is 2.44 bits per heavy atom. The van der Waals surface area contributed by atoms with Gasteiger partial charge >= 0.3 is 5.97 Å². The fourth-order valence-electron chi connectivity index (χ4n) is 3.69. The fraction of sp³-hybridized carbons (Fsp3) is 0.500. The number of esters is 1. The standard InChI is InChI=1S/C20H26N4O3/c1-13-10-16(4)24(22-13)18-9-8-17(11-21-18)20(26)27-12-19(25)23-14(2)6-5-7-15(23)3/h8-11,14-15H,5-7,12H2,1-4H3. The normalized spacial score (nSPS) is 19.8. The van der Waals surface area contributed by atoms with Gasteiger partial charge in [0.1, 0.15) is 0 Å². The second-order valence-electron chi connectivity index (χ2n) is 7.25. The number of rotatable bonds is 4. The predicted molar refractivity (Wildman–Crippen MR) is 101 cm³/mol. The van der Waals surface area contributed by atoms with Crippen molar-refractivity contribution in [2.75, 3.05) is 6.61 Å². The molecular formula is C20H26N4O3. The molecule has 1 fully saturated rings. The van der Waals surface area contributed by atoms with Crippen molar-refractivity contribution in [2.45, 2.75) is 59.0 Å². The lowest BCUT2D eigenvalue weighted by Crippen LogP contribution is -2.49. The van der Waals surface area contributed by atoms with E-state index in [4.69, 9.17) is 4.74 Å². The van der Waals surface area contributed by atoms with Gasteiger partial charge in [-0.25, -0.2) is 14.5 Å². The molecule has 0 aromatic carbocycles. The Morgan fingerprint density at radius 1 is 1.19 bits per heavy atom. The first-order valence-corrected chi connectivity index (χ1v) is 9.35. The van der Waals surface area contributed by atoms with Gasteiger partial charge in [0.05, 0.1) is 11.3 Å². The van der Waals surface area contributed by atoms with Crippen molar-refractivity contribution in [3.05, 3.63) is 41.3 Å². The van der Waals surface area contributed by atoms with Crippen LogP contribution in [0.3, 0.4) is 0 Å². The molecule has 0 spiro atoms. The molecule has 0 aliphatic carbocycles. The van der Waals surface area contributed by atoms with E-state index in [2.05, 4.69) is 10.1 Å². The fourth-order valence-corrected chi connectivity index (χ4v) is 3.69. The van der Waals surface area contributed by atoms with Crippen molar-refractivity contribution in [1.29, 1.82) is 0 Å². The molecule has 27 heavy (non-hydrogen) atoms. The summed E-state index contributed by atoms with van der Waals surface area (Å²) in [4.78, 5) is 30.8. The van der Waals surface area contributed by atoms with E-state index in [1.54, 1.807) is 16.8 Å². The lowest BCUT2D eigenvalue weighted by molar-refractivity contribution is -0.140. The zero-order valence-electron chi connectivity index (χ0n) is 16.3. The van der Waals surface area contributed by atoms with Crippen molar-refractivity contribution >= 4 is 11.9 Å². The maximum absolute atomic E-state index is 12.5. The van der Waals surface area contributed by atoms with Gasteiger partial charge in [0.2, 0.25) is 0 Å². The molecule has 1 saturated heterocycles. The number of pyridine rings is 1. The number of ether oxygens (including phenoxy) is 1. The summed E-state index contributed by atoms with van der Waals surface area (Å²) in [6.07, 6.45) is 4.55. The molecule has 2 unspecified atom stereocenters. The second-order valence-corrected chi connectivity index (χ2v) is 7.25. The summed E-state index contributed by atoms with van der Waals surface area (Å²) in [7, 11) is 0. The predicted octanol–water partition coefficient (Wildman–Crippen LogP) is 2.83. The number of piperidine rings is 1. The number of nitrogens with zero attached hydrogens (tertiary/aromatic N) is 4.